The summed E-state index contributed by atoms with van der Waals surface area (Å²) in [6.45, 7) is 5.53. The fraction of sp³-hybridized carbons (Fsp3) is 0.562. The minimum Gasteiger partial charge on any atom is -0.444 e. The van der Waals surface area contributed by atoms with Crippen molar-refractivity contribution in [2.45, 2.75) is 57.7 Å². The molecule has 0 saturated heterocycles. The van der Waals surface area contributed by atoms with E-state index >= 15 is 0 Å². The van der Waals surface area contributed by atoms with Crippen molar-refractivity contribution in [3.05, 3.63) is 28.5 Å². The lowest BCUT2D eigenvalue weighted by molar-refractivity contribution is 0.0505. The molecule has 22 heavy (non-hydrogen) atoms. The Bertz CT molecular complexity index is 545. The van der Waals surface area contributed by atoms with E-state index in [9.17, 15) is 9.18 Å². The van der Waals surface area contributed by atoms with Gasteiger partial charge in [0.15, 0.2) is 0 Å². The van der Waals surface area contributed by atoms with Gasteiger partial charge in [-0.1, -0.05) is 0 Å². The van der Waals surface area contributed by atoms with Gasteiger partial charge in [-0.2, -0.15) is 0 Å². The lowest BCUT2D eigenvalue weighted by atomic mass is 10.2. The molecule has 1 fully saturated rings. The topological polar surface area (TPSA) is 50.4 Å². The highest BCUT2D eigenvalue weighted by Crippen LogP contribution is 2.28. The highest BCUT2D eigenvalue weighted by molar-refractivity contribution is 9.10. The summed E-state index contributed by atoms with van der Waals surface area (Å²) in [6, 6.07) is 4.94. The van der Waals surface area contributed by atoms with Crippen LogP contribution in [0, 0.1) is 5.82 Å². The average Bonchev–Trinajstić information content (AvgIpc) is 2.77. The molecule has 2 unspecified atom stereocenters. The van der Waals surface area contributed by atoms with Crippen molar-refractivity contribution in [1.29, 1.82) is 0 Å². The molecule has 1 aromatic carbocycles. The van der Waals surface area contributed by atoms with Gasteiger partial charge in [0.25, 0.3) is 0 Å². The summed E-state index contributed by atoms with van der Waals surface area (Å²) in [7, 11) is 0. The monoisotopic (exact) mass is 372 g/mol. The molecule has 1 amide bonds. The molecule has 0 bridgehead atoms. The zero-order valence-corrected chi connectivity index (χ0v) is 14.7. The van der Waals surface area contributed by atoms with Crippen molar-refractivity contribution in [1.82, 2.24) is 5.32 Å². The largest absolute Gasteiger partial charge is 0.444 e. The van der Waals surface area contributed by atoms with Crippen molar-refractivity contribution in [3.8, 4) is 0 Å². The van der Waals surface area contributed by atoms with Crippen LogP contribution in [0.2, 0.25) is 0 Å². The van der Waals surface area contributed by atoms with Gasteiger partial charge in [0.2, 0.25) is 0 Å². The van der Waals surface area contributed by atoms with Gasteiger partial charge in [0.1, 0.15) is 11.4 Å². The summed E-state index contributed by atoms with van der Waals surface area (Å²) in [5, 5.41) is 6.28. The Labute approximate surface area is 138 Å². The molecule has 0 aromatic heterocycles. The van der Waals surface area contributed by atoms with E-state index in [-0.39, 0.29) is 24.0 Å². The zero-order valence-electron chi connectivity index (χ0n) is 13.1. The SMILES string of the molecule is CC(C)(C)OC(=O)NC1CCC(Nc2ccc(F)cc2Br)C1. The molecular weight excluding hydrogens is 351 g/mol. The smallest absolute Gasteiger partial charge is 0.407 e. The summed E-state index contributed by atoms with van der Waals surface area (Å²) in [6.07, 6.45) is 2.30. The number of hydrogen-bond acceptors (Lipinski definition) is 3. The van der Waals surface area contributed by atoms with Crippen LogP contribution in [0.5, 0.6) is 0 Å². The lowest BCUT2D eigenvalue weighted by Gasteiger charge is -2.22. The number of benzene rings is 1. The Morgan fingerprint density at radius 3 is 2.64 bits per heavy atom. The minimum absolute atomic E-state index is 0.103. The number of carbonyl (C=O) groups is 1. The number of amides is 1. The molecule has 2 rings (SSSR count). The molecule has 1 aromatic rings. The highest BCUT2D eigenvalue weighted by atomic mass is 79.9. The summed E-state index contributed by atoms with van der Waals surface area (Å²) < 4.78 is 19.1. The van der Waals surface area contributed by atoms with Gasteiger partial charge < -0.3 is 15.4 Å². The molecule has 2 N–H and O–H groups in total. The van der Waals surface area contributed by atoms with E-state index in [1.165, 1.54) is 12.1 Å². The second kappa shape index (κ2) is 6.86. The van der Waals surface area contributed by atoms with Crippen molar-refractivity contribution < 1.29 is 13.9 Å². The third-order valence-corrected chi connectivity index (χ3v) is 4.10. The van der Waals surface area contributed by atoms with E-state index in [2.05, 4.69) is 26.6 Å². The first-order chi connectivity index (χ1) is 10.2. The van der Waals surface area contributed by atoms with Gasteiger partial charge in [-0.25, -0.2) is 9.18 Å². The third-order valence-electron chi connectivity index (χ3n) is 3.44. The van der Waals surface area contributed by atoms with Gasteiger partial charge in [0, 0.05) is 22.2 Å². The van der Waals surface area contributed by atoms with Gasteiger partial charge >= 0.3 is 6.09 Å². The van der Waals surface area contributed by atoms with Crippen LogP contribution in [0.1, 0.15) is 40.0 Å². The lowest BCUT2D eigenvalue weighted by Crippen LogP contribution is -2.38. The maximum absolute atomic E-state index is 13.1. The molecule has 122 valence electrons. The minimum atomic E-state index is -0.487. The van der Waals surface area contributed by atoms with Gasteiger partial charge in [0.05, 0.1) is 0 Å². The fourth-order valence-corrected chi connectivity index (χ4v) is 3.01. The molecule has 6 heteroatoms. The van der Waals surface area contributed by atoms with Crippen molar-refractivity contribution in [3.63, 3.8) is 0 Å². The first-order valence-corrected chi connectivity index (χ1v) is 8.23. The van der Waals surface area contributed by atoms with Crippen LogP contribution in [0.25, 0.3) is 0 Å². The summed E-state index contributed by atoms with van der Waals surface area (Å²) in [5.41, 5.74) is 0.378. The number of anilines is 1. The molecule has 1 aliphatic rings. The molecule has 0 heterocycles. The Kier molecular flexibility index (Phi) is 5.32. The van der Waals surface area contributed by atoms with E-state index in [1.54, 1.807) is 6.07 Å². The van der Waals surface area contributed by atoms with Crippen LogP contribution in [-0.2, 0) is 4.74 Å². The molecule has 4 nitrogen and oxygen atoms in total. The Morgan fingerprint density at radius 2 is 2.00 bits per heavy atom. The van der Waals surface area contributed by atoms with E-state index in [0.29, 0.717) is 4.47 Å². The van der Waals surface area contributed by atoms with Gasteiger partial charge in [-0.05, 0) is 74.2 Å². The molecule has 0 radical (unpaired) electrons. The third kappa shape index (κ3) is 5.16. The Hall–Kier alpha value is -1.30. The Morgan fingerprint density at radius 1 is 1.32 bits per heavy atom. The molecule has 1 aliphatic carbocycles. The second-order valence-corrected chi connectivity index (χ2v) is 7.48. The number of hydrogen-bond donors (Lipinski definition) is 2. The quantitative estimate of drug-likeness (QED) is 0.823. The maximum atomic E-state index is 13.1. The number of alkyl carbamates (subject to hydrolysis) is 1. The van der Waals surface area contributed by atoms with Crippen molar-refractivity contribution >= 4 is 27.7 Å². The second-order valence-electron chi connectivity index (χ2n) is 6.62. The summed E-state index contributed by atoms with van der Waals surface area (Å²) in [5.74, 6) is -0.270. The number of carbonyl (C=O) groups excluding carboxylic acids is 1. The van der Waals surface area contributed by atoms with Crippen LogP contribution in [0.3, 0.4) is 0 Å². The van der Waals surface area contributed by atoms with E-state index in [0.717, 1.165) is 24.9 Å². The first-order valence-electron chi connectivity index (χ1n) is 7.44. The van der Waals surface area contributed by atoms with Crippen LogP contribution in [-0.4, -0.2) is 23.8 Å². The molecule has 0 aliphatic heterocycles. The van der Waals surface area contributed by atoms with Gasteiger partial charge in [-0.15, -0.1) is 0 Å². The summed E-state index contributed by atoms with van der Waals surface area (Å²) >= 11 is 3.35. The van der Waals surface area contributed by atoms with Crippen molar-refractivity contribution in [2.24, 2.45) is 0 Å². The predicted octanol–water partition coefficient (Wildman–Crippen LogP) is 4.45. The normalized spacial score (nSPS) is 21.5. The maximum Gasteiger partial charge on any atom is 0.407 e. The van der Waals surface area contributed by atoms with Crippen LogP contribution >= 0.6 is 15.9 Å². The number of halogens is 2. The molecule has 1 saturated carbocycles. The average molecular weight is 373 g/mol. The van der Waals surface area contributed by atoms with Crippen molar-refractivity contribution in [2.75, 3.05) is 5.32 Å². The van der Waals surface area contributed by atoms with Crippen LogP contribution in [0.15, 0.2) is 22.7 Å². The standard InChI is InChI=1S/C16H22BrFN2O2/c1-16(2,3)22-15(21)20-12-6-5-11(9-12)19-14-7-4-10(18)8-13(14)17/h4,7-8,11-12,19H,5-6,9H2,1-3H3,(H,20,21). The highest BCUT2D eigenvalue weighted by Gasteiger charge is 2.27. The summed E-state index contributed by atoms with van der Waals surface area (Å²) in [4.78, 5) is 11.8. The molecule has 2 atom stereocenters. The molecule has 0 spiro atoms. The van der Waals surface area contributed by atoms with Gasteiger partial charge in [-0.3, -0.25) is 0 Å². The number of ether oxygens (including phenoxy) is 1. The first kappa shape index (κ1) is 17.1. The van der Waals surface area contributed by atoms with E-state index < -0.39 is 5.60 Å². The van der Waals surface area contributed by atoms with Crippen LogP contribution < -0.4 is 10.6 Å². The number of rotatable bonds is 3. The van der Waals surface area contributed by atoms with Crippen LogP contribution in [0.4, 0.5) is 14.9 Å². The Balaban J connectivity index is 1.84. The zero-order chi connectivity index (χ0) is 16.3. The predicted molar refractivity (Wildman–Crippen MR) is 88.5 cm³/mol. The molecular formula is C16H22BrFN2O2. The fourth-order valence-electron chi connectivity index (χ4n) is 2.54. The van der Waals surface area contributed by atoms with E-state index in [1.807, 2.05) is 20.8 Å². The number of nitrogens with one attached hydrogen (secondary N) is 2. The van der Waals surface area contributed by atoms with E-state index in [4.69, 9.17) is 4.74 Å².